The van der Waals surface area contributed by atoms with Gasteiger partial charge in [-0.1, -0.05) is 36.4 Å². The van der Waals surface area contributed by atoms with E-state index in [-0.39, 0.29) is 12.3 Å². The molecule has 8 nitrogen and oxygen atoms in total. The molecule has 1 saturated heterocycles. The second kappa shape index (κ2) is 9.60. The predicted octanol–water partition coefficient (Wildman–Crippen LogP) is 5.18. The van der Waals surface area contributed by atoms with Crippen LogP contribution < -0.4 is 0 Å². The first-order valence-electron chi connectivity index (χ1n) is 11.0. The fourth-order valence-electron chi connectivity index (χ4n) is 4.08. The minimum absolute atomic E-state index is 0.000736. The topological polar surface area (TPSA) is 106 Å². The zero-order chi connectivity index (χ0) is 25.2. The van der Waals surface area contributed by atoms with Crippen LogP contribution in [0.1, 0.15) is 33.0 Å². The van der Waals surface area contributed by atoms with E-state index in [1.807, 2.05) is 53.2 Å². The fourth-order valence-corrected chi connectivity index (χ4v) is 4.91. The molecule has 2 amide bonds. The summed E-state index contributed by atoms with van der Waals surface area (Å²) < 4.78 is 12.1. The number of rotatable bonds is 6. The summed E-state index contributed by atoms with van der Waals surface area (Å²) >= 11 is 0.854. The van der Waals surface area contributed by atoms with Crippen molar-refractivity contribution < 1.29 is 23.5 Å². The number of benzene rings is 2. The van der Waals surface area contributed by atoms with Crippen LogP contribution in [0.25, 0.3) is 17.0 Å². The van der Waals surface area contributed by atoms with Crippen LogP contribution >= 0.6 is 11.8 Å². The molecule has 0 spiro atoms. The van der Waals surface area contributed by atoms with E-state index < -0.39 is 17.1 Å². The molecule has 178 valence electrons. The van der Waals surface area contributed by atoms with Gasteiger partial charge in [0.15, 0.2) is 0 Å². The number of imide groups is 1. The van der Waals surface area contributed by atoms with Crippen molar-refractivity contribution in [2.24, 2.45) is 0 Å². The minimum atomic E-state index is -0.635. The first kappa shape index (κ1) is 23.2. The molecule has 3 heterocycles. The lowest BCUT2D eigenvalue weighted by Gasteiger charge is -2.09. The fraction of sp³-hybridized carbons (Fsp3) is 0.111. The highest BCUT2D eigenvalue weighted by atomic mass is 32.2. The molecular weight excluding hydrogens is 478 g/mol. The number of thioether (sulfide) groups is 1. The SMILES string of the molecule is COC(=O)c1ccc(CN2C(=O)S/C(=C/c3cn(Cc4ccccc4C#N)c4ccccc34)C2=O)o1. The second-order valence-corrected chi connectivity index (χ2v) is 9.02. The van der Waals surface area contributed by atoms with Crippen molar-refractivity contribution in [2.45, 2.75) is 13.1 Å². The molecule has 0 aliphatic carbocycles. The summed E-state index contributed by atoms with van der Waals surface area (Å²) in [5.74, 6) is -0.774. The van der Waals surface area contributed by atoms with Crippen molar-refractivity contribution in [1.29, 1.82) is 5.26 Å². The number of hydrogen-bond acceptors (Lipinski definition) is 7. The maximum atomic E-state index is 13.1. The largest absolute Gasteiger partial charge is 0.463 e. The zero-order valence-electron chi connectivity index (χ0n) is 19.1. The number of fused-ring (bicyclic) bond motifs is 1. The Balaban J connectivity index is 1.44. The van der Waals surface area contributed by atoms with E-state index in [2.05, 4.69) is 10.8 Å². The molecule has 36 heavy (non-hydrogen) atoms. The van der Waals surface area contributed by atoms with Gasteiger partial charge in [-0.15, -0.1) is 0 Å². The Labute approximate surface area is 210 Å². The van der Waals surface area contributed by atoms with Crippen LogP contribution in [0.4, 0.5) is 4.79 Å². The standard InChI is InChI=1S/C27H19N3O5S/c1-34-26(32)23-11-10-20(35-23)16-30-25(31)24(36-27(30)33)12-19-15-29(22-9-5-4-8-21(19)22)14-18-7-3-2-6-17(18)13-28/h2-12,15H,14,16H2,1H3/b24-12+. The van der Waals surface area contributed by atoms with Gasteiger partial charge in [-0.05, 0) is 47.7 Å². The third-order valence-corrected chi connectivity index (χ3v) is 6.73. The summed E-state index contributed by atoms with van der Waals surface area (Å²) in [5, 5.41) is 9.96. The average molecular weight is 498 g/mol. The number of nitriles is 1. The maximum Gasteiger partial charge on any atom is 0.373 e. The summed E-state index contributed by atoms with van der Waals surface area (Å²) in [5.41, 5.74) is 3.22. The number of carbonyl (C=O) groups excluding carboxylic acids is 3. The number of aromatic nitrogens is 1. The molecule has 0 unspecified atom stereocenters. The number of esters is 1. The van der Waals surface area contributed by atoms with E-state index in [4.69, 9.17) is 4.42 Å². The lowest BCUT2D eigenvalue weighted by atomic mass is 10.1. The number of furan rings is 1. The smallest absolute Gasteiger partial charge is 0.373 e. The average Bonchev–Trinajstić information content (AvgIpc) is 3.58. The van der Waals surface area contributed by atoms with Crippen molar-refractivity contribution in [3.05, 3.63) is 100.0 Å². The van der Waals surface area contributed by atoms with Gasteiger partial charge < -0.3 is 13.7 Å². The number of hydrogen-bond donors (Lipinski definition) is 0. The van der Waals surface area contributed by atoms with Crippen molar-refractivity contribution in [2.75, 3.05) is 7.11 Å². The van der Waals surface area contributed by atoms with E-state index >= 15 is 0 Å². The lowest BCUT2D eigenvalue weighted by Crippen LogP contribution is -2.27. The first-order valence-corrected chi connectivity index (χ1v) is 11.8. The Kier molecular flexibility index (Phi) is 6.19. The van der Waals surface area contributed by atoms with E-state index in [1.54, 1.807) is 12.1 Å². The van der Waals surface area contributed by atoms with Crippen molar-refractivity contribution in [1.82, 2.24) is 9.47 Å². The number of methoxy groups -OCH3 is 1. The monoisotopic (exact) mass is 497 g/mol. The molecule has 0 N–H and O–H groups in total. The Morgan fingerprint density at radius 2 is 1.86 bits per heavy atom. The van der Waals surface area contributed by atoms with Gasteiger partial charge in [0, 0.05) is 29.2 Å². The number of carbonyl (C=O) groups is 3. The van der Waals surface area contributed by atoms with E-state index in [9.17, 15) is 19.6 Å². The number of nitrogens with zero attached hydrogens (tertiary/aromatic N) is 3. The van der Waals surface area contributed by atoms with Crippen LogP contribution in [0.15, 0.2) is 76.2 Å². The van der Waals surface area contributed by atoms with Gasteiger partial charge in [-0.25, -0.2) is 4.79 Å². The van der Waals surface area contributed by atoms with Gasteiger partial charge in [-0.3, -0.25) is 14.5 Å². The third kappa shape index (κ3) is 4.30. The Morgan fingerprint density at radius 1 is 1.08 bits per heavy atom. The van der Waals surface area contributed by atoms with Gasteiger partial charge in [0.25, 0.3) is 11.1 Å². The Morgan fingerprint density at radius 3 is 2.67 bits per heavy atom. The maximum absolute atomic E-state index is 13.1. The molecule has 0 bridgehead atoms. The van der Waals surface area contributed by atoms with Gasteiger partial charge in [0.1, 0.15) is 5.76 Å². The predicted molar refractivity (Wildman–Crippen MR) is 134 cm³/mol. The summed E-state index contributed by atoms with van der Waals surface area (Å²) in [6.07, 6.45) is 3.63. The Bertz CT molecular complexity index is 1590. The molecule has 5 rings (SSSR count). The van der Waals surface area contributed by atoms with Crippen LogP contribution in [0.3, 0.4) is 0 Å². The van der Waals surface area contributed by atoms with Crippen LogP contribution in [-0.4, -0.2) is 33.7 Å². The zero-order valence-corrected chi connectivity index (χ0v) is 20.0. The molecule has 9 heteroatoms. The van der Waals surface area contributed by atoms with Gasteiger partial charge in [0.2, 0.25) is 5.76 Å². The first-order chi connectivity index (χ1) is 17.5. The summed E-state index contributed by atoms with van der Waals surface area (Å²) in [7, 11) is 1.24. The van der Waals surface area contributed by atoms with E-state index in [1.165, 1.54) is 19.2 Å². The molecule has 2 aromatic carbocycles. The second-order valence-electron chi connectivity index (χ2n) is 8.02. The summed E-state index contributed by atoms with van der Waals surface area (Å²) in [6.45, 7) is 0.395. The molecular formula is C27H19N3O5S. The molecule has 4 aromatic rings. The molecule has 1 fully saturated rings. The highest BCUT2D eigenvalue weighted by Crippen LogP contribution is 2.35. The van der Waals surface area contributed by atoms with E-state index in [0.29, 0.717) is 22.8 Å². The molecule has 0 saturated carbocycles. The molecule has 0 atom stereocenters. The van der Waals surface area contributed by atoms with Crippen LogP contribution in [0, 0.1) is 11.3 Å². The molecule has 0 radical (unpaired) electrons. The van der Waals surface area contributed by atoms with Gasteiger partial charge in [0.05, 0.1) is 30.2 Å². The quantitative estimate of drug-likeness (QED) is 0.267. The van der Waals surface area contributed by atoms with Crippen LogP contribution in [-0.2, 0) is 22.6 Å². The number of amides is 2. The normalized spacial score (nSPS) is 14.6. The van der Waals surface area contributed by atoms with Gasteiger partial charge >= 0.3 is 5.97 Å². The van der Waals surface area contributed by atoms with Crippen LogP contribution in [0.2, 0.25) is 0 Å². The minimum Gasteiger partial charge on any atom is -0.463 e. The van der Waals surface area contributed by atoms with Crippen molar-refractivity contribution in [3.8, 4) is 6.07 Å². The summed E-state index contributed by atoms with van der Waals surface area (Å²) in [4.78, 5) is 38.7. The molecule has 1 aliphatic heterocycles. The van der Waals surface area contributed by atoms with Crippen LogP contribution in [0.5, 0.6) is 0 Å². The Hall–Kier alpha value is -4.55. The van der Waals surface area contributed by atoms with Crippen molar-refractivity contribution in [3.63, 3.8) is 0 Å². The summed E-state index contributed by atoms with van der Waals surface area (Å²) in [6, 6.07) is 20.4. The van der Waals surface area contributed by atoms with E-state index in [0.717, 1.165) is 38.7 Å². The highest BCUT2D eigenvalue weighted by molar-refractivity contribution is 8.18. The highest BCUT2D eigenvalue weighted by Gasteiger charge is 2.36. The third-order valence-electron chi connectivity index (χ3n) is 5.82. The number of para-hydroxylation sites is 1. The van der Waals surface area contributed by atoms with Gasteiger partial charge in [-0.2, -0.15) is 5.26 Å². The molecule has 2 aromatic heterocycles. The number of ether oxygens (including phenoxy) is 1. The van der Waals surface area contributed by atoms with Crippen molar-refractivity contribution >= 4 is 45.9 Å². The lowest BCUT2D eigenvalue weighted by molar-refractivity contribution is -0.123. The molecule has 1 aliphatic rings.